The maximum Gasteiger partial charge on any atom is 0.0190 e. The van der Waals surface area contributed by atoms with Crippen molar-refractivity contribution >= 4 is 0 Å². The Morgan fingerprint density at radius 1 is 1.40 bits per heavy atom. The first-order chi connectivity index (χ1) is 7.31. The van der Waals surface area contributed by atoms with Gasteiger partial charge < -0.3 is 5.73 Å². The molecule has 1 fully saturated rings. The van der Waals surface area contributed by atoms with Gasteiger partial charge in [-0.25, -0.2) is 0 Å². The Kier molecular flexibility index (Phi) is 3.39. The lowest BCUT2D eigenvalue weighted by molar-refractivity contribution is 0.261. The first-order valence-electron chi connectivity index (χ1n) is 5.80. The van der Waals surface area contributed by atoms with Crippen LogP contribution in [0, 0.1) is 0 Å². The van der Waals surface area contributed by atoms with Crippen LogP contribution in [0.3, 0.4) is 0 Å². The fourth-order valence-electron chi connectivity index (χ4n) is 2.33. The standard InChI is InChI=1S/C13H20N2/c1-11(9-14)15-8-7-13(10-15)12-5-3-2-4-6-12/h2-6,11,13H,7-10,14H2,1H3. The molecule has 1 aliphatic heterocycles. The molecule has 82 valence electrons. The lowest BCUT2D eigenvalue weighted by Crippen LogP contribution is -2.36. The molecule has 0 aliphatic carbocycles. The largest absolute Gasteiger partial charge is 0.329 e. The van der Waals surface area contributed by atoms with Crippen LogP contribution in [0.4, 0.5) is 0 Å². The average molecular weight is 204 g/mol. The van der Waals surface area contributed by atoms with E-state index in [0.717, 1.165) is 6.54 Å². The Bertz CT molecular complexity index is 297. The van der Waals surface area contributed by atoms with E-state index < -0.39 is 0 Å². The van der Waals surface area contributed by atoms with Crippen LogP contribution in [0.15, 0.2) is 30.3 Å². The van der Waals surface area contributed by atoms with Gasteiger partial charge in [-0.15, -0.1) is 0 Å². The number of rotatable bonds is 3. The summed E-state index contributed by atoms with van der Waals surface area (Å²) in [6.07, 6.45) is 1.27. The van der Waals surface area contributed by atoms with E-state index in [-0.39, 0.29) is 0 Å². The van der Waals surface area contributed by atoms with Crippen molar-refractivity contribution in [2.75, 3.05) is 19.6 Å². The number of benzene rings is 1. The minimum absolute atomic E-state index is 0.527. The normalized spacial score (nSPS) is 24.3. The van der Waals surface area contributed by atoms with Gasteiger partial charge in [0.25, 0.3) is 0 Å². The van der Waals surface area contributed by atoms with Crippen LogP contribution in [-0.2, 0) is 0 Å². The third kappa shape index (κ3) is 2.39. The maximum absolute atomic E-state index is 5.69. The van der Waals surface area contributed by atoms with Crippen LogP contribution in [0.2, 0.25) is 0 Å². The fraction of sp³-hybridized carbons (Fsp3) is 0.538. The van der Waals surface area contributed by atoms with E-state index in [9.17, 15) is 0 Å². The highest BCUT2D eigenvalue weighted by molar-refractivity contribution is 5.21. The first-order valence-corrected chi connectivity index (χ1v) is 5.80. The van der Waals surface area contributed by atoms with Crippen molar-refractivity contribution in [2.24, 2.45) is 5.73 Å². The summed E-state index contributed by atoms with van der Waals surface area (Å²) in [5, 5.41) is 0. The maximum atomic E-state index is 5.69. The van der Waals surface area contributed by atoms with Gasteiger partial charge in [-0.3, -0.25) is 4.90 Å². The number of nitrogens with zero attached hydrogens (tertiary/aromatic N) is 1. The minimum Gasteiger partial charge on any atom is -0.329 e. The highest BCUT2D eigenvalue weighted by atomic mass is 15.2. The van der Waals surface area contributed by atoms with E-state index in [1.165, 1.54) is 25.1 Å². The second-order valence-electron chi connectivity index (χ2n) is 4.48. The van der Waals surface area contributed by atoms with Crippen molar-refractivity contribution in [1.82, 2.24) is 4.90 Å². The lowest BCUT2D eigenvalue weighted by atomic mass is 9.99. The molecule has 2 rings (SSSR count). The van der Waals surface area contributed by atoms with Gasteiger partial charge in [-0.2, -0.15) is 0 Å². The van der Waals surface area contributed by atoms with Crippen LogP contribution in [-0.4, -0.2) is 30.6 Å². The van der Waals surface area contributed by atoms with Crippen molar-refractivity contribution in [3.63, 3.8) is 0 Å². The summed E-state index contributed by atoms with van der Waals surface area (Å²) in [6, 6.07) is 11.3. The van der Waals surface area contributed by atoms with E-state index in [1.54, 1.807) is 0 Å². The summed E-state index contributed by atoms with van der Waals surface area (Å²) >= 11 is 0. The zero-order chi connectivity index (χ0) is 10.7. The van der Waals surface area contributed by atoms with Crippen molar-refractivity contribution in [3.8, 4) is 0 Å². The summed E-state index contributed by atoms with van der Waals surface area (Å²) in [7, 11) is 0. The van der Waals surface area contributed by atoms with Crippen molar-refractivity contribution < 1.29 is 0 Å². The van der Waals surface area contributed by atoms with Gasteiger partial charge in [0.2, 0.25) is 0 Å². The Labute approximate surface area is 92.1 Å². The summed E-state index contributed by atoms with van der Waals surface area (Å²) < 4.78 is 0. The smallest absolute Gasteiger partial charge is 0.0190 e. The van der Waals surface area contributed by atoms with Crippen LogP contribution in [0.25, 0.3) is 0 Å². The number of nitrogens with two attached hydrogens (primary N) is 1. The van der Waals surface area contributed by atoms with Gasteiger partial charge in [-0.1, -0.05) is 30.3 Å². The predicted molar refractivity (Wildman–Crippen MR) is 63.9 cm³/mol. The molecule has 0 bridgehead atoms. The topological polar surface area (TPSA) is 29.3 Å². The highest BCUT2D eigenvalue weighted by Crippen LogP contribution is 2.27. The molecule has 0 aromatic heterocycles. The van der Waals surface area contributed by atoms with Gasteiger partial charge in [0.1, 0.15) is 0 Å². The Morgan fingerprint density at radius 2 is 2.13 bits per heavy atom. The second kappa shape index (κ2) is 4.77. The lowest BCUT2D eigenvalue weighted by Gasteiger charge is -2.22. The summed E-state index contributed by atoms with van der Waals surface area (Å²) in [5.41, 5.74) is 7.17. The number of hydrogen-bond donors (Lipinski definition) is 1. The Balaban J connectivity index is 1.99. The molecule has 1 aliphatic rings. The zero-order valence-corrected chi connectivity index (χ0v) is 9.39. The van der Waals surface area contributed by atoms with Crippen molar-refractivity contribution in [2.45, 2.75) is 25.3 Å². The summed E-state index contributed by atoms with van der Waals surface area (Å²) in [4.78, 5) is 2.50. The van der Waals surface area contributed by atoms with Crippen molar-refractivity contribution in [3.05, 3.63) is 35.9 Å². The van der Waals surface area contributed by atoms with E-state index in [4.69, 9.17) is 5.73 Å². The predicted octanol–water partition coefficient (Wildman–Crippen LogP) is 1.82. The quantitative estimate of drug-likeness (QED) is 0.814. The third-order valence-electron chi connectivity index (χ3n) is 3.46. The van der Waals surface area contributed by atoms with Crippen LogP contribution in [0.1, 0.15) is 24.8 Å². The molecule has 2 unspecified atom stereocenters. The Morgan fingerprint density at radius 3 is 2.80 bits per heavy atom. The molecule has 1 aromatic carbocycles. The van der Waals surface area contributed by atoms with Gasteiger partial charge >= 0.3 is 0 Å². The molecule has 15 heavy (non-hydrogen) atoms. The molecule has 0 amide bonds. The summed E-state index contributed by atoms with van der Waals surface area (Å²) in [6.45, 7) is 5.34. The van der Waals surface area contributed by atoms with Crippen molar-refractivity contribution in [1.29, 1.82) is 0 Å². The molecule has 0 spiro atoms. The molecule has 2 nitrogen and oxygen atoms in total. The second-order valence-corrected chi connectivity index (χ2v) is 4.48. The molecule has 2 heteroatoms. The summed E-state index contributed by atoms with van der Waals surface area (Å²) in [5.74, 6) is 0.709. The van der Waals surface area contributed by atoms with Crippen LogP contribution >= 0.6 is 0 Å². The van der Waals surface area contributed by atoms with Gasteiger partial charge in [0, 0.05) is 19.1 Å². The SMILES string of the molecule is CC(CN)N1CCC(c2ccccc2)C1. The third-order valence-corrected chi connectivity index (χ3v) is 3.46. The molecule has 1 saturated heterocycles. The minimum atomic E-state index is 0.527. The highest BCUT2D eigenvalue weighted by Gasteiger charge is 2.25. The van der Waals surface area contributed by atoms with E-state index in [2.05, 4.69) is 42.2 Å². The molecule has 0 saturated carbocycles. The van der Waals surface area contributed by atoms with Crippen LogP contribution < -0.4 is 5.73 Å². The molecular formula is C13H20N2. The molecule has 0 radical (unpaired) electrons. The molecule has 2 N–H and O–H groups in total. The molecule has 1 heterocycles. The monoisotopic (exact) mass is 204 g/mol. The van der Waals surface area contributed by atoms with Gasteiger partial charge in [-0.05, 0) is 31.4 Å². The van der Waals surface area contributed by atoms with Gasteiger partial charge in [0.15, 0.2) is 0 Å². The molecular weight excluding hydrogens is 184 g/mol. The van der Waals surface area contributed by atoms with E-state index in [1.807, 2.05) is 0 Å². The number of likely N-dealkylation sites (tertiary alicyclic amines) is 1. The van der Waals surface area contributed by atoms with E-state index in [0.29, 0.717) is 12.0 Å². The van der Waals surface area contributed by atoms with Crippen LogP contribution in [0.5, 0.6) is 0 Å². The molecule has 2 atom stereocenters. The van der Waals surface area contributed by atoms with Gasteiger partial charge in [0.05, 0.1) is 0 Å². The number of hydrogen-bond acceptors (Lipinski definition) is 2. The first kappa shape index (κ1) is 10.7. The van der Waals surface area contributed by atoms with E-state index >= 15 is 0 Å². The fourth-order valence-corrected chi connectivity index (χ4v) is 2.33. The molecule has 1 aromatic rings. The average Bonchev–Trinajstić information content (AvgIpc) is 2.78. The Hall–Kier alpha value is -0.860. The zero-order valence-electron chi connectivity index (χ0n) is 9.39.